The average Bonchev–Trinajstić information content (AvgIpc) is 2.48. The zero-order valence-corrected chi connectivity index (χ0v) is 13.9. The van der Waals surface area contributed by atoms with Crippen LogP contribution in [-0.2, 0) is 30.8 Å². The topological polar surface area (TPSA) is 122 Å². The first-order valence-electron chi connectivity index (χ1n) is 7.00. The van der Waals surface area contributed by atoms with Crippen LogP contribution in [0.25, 0.3) is 0 Å². The minimum absolute atomic E-state index is 0.0145. The smallest absolute Gasteiger partial charge is 0.307 e. The molecule has 0 radical (unpaired) electrons. The molecule has 0 aliphatic rings. The van der Waals surface area contributed by atoms with Crippen LogP contribution in [0, 0.1) is 5.82 Å². The maximum atomic E-state index is 13.7. The second kappa shape index (κ2) is 9.30. The second-order valence-corrected chi connectivity index (χ2v) is 6.84. The number of methoxy groups -OCH3 is 1. The van der Waals surface area contributed by atoms with Crippen LogP contribution in [-0.4, -0.2) is 51.4 Å². The highest BCUT2D eigenvalue weighted by molar-refractivity contribution is 7.89. The molecule has 0 saturated heterocycles. The number of carboxylic acids is 1. The molecule has 24 heavy (non-hydrogen) atoms. The summed E-state index contributed by atoms with van der Waals surface area (Å²) in [5.74, 6) is -2.79. The van der Waals surface area contributed by atoms with Crippen LogP contribution in [0.3, 0.4) is 0 Å². The van der Waals surface area contributed by atoms with E-state index >= 15 is 0 Å². The summed E-state index contributed by atoms with van der Waals surface area (Å²) in [5.41, 5.74) is 0.0876. The van der Waals surface area contributed by atoms with Gasteiger partial charge in [-0.15, -0.1) is 0 Å². The van der Waals surface area contributed by atoms with Crippen LogP contribution in [0.4, 0.5) is 10.1 Å². The van der Waals surface area contributed by atoms with Crippen molar-refractivity contribution in [3.05, 3.63) is 29.6 Å². The van der Waals surface area contributed by atoms with Crippen LogP contribution in [0.1, 0.15) is 12.0 Å². The normalized spacial score (nSPS) is 11.2. The Labute approximate surface area is 139 Å². The molecule has 1 amide bonds. The first-order valence-corrected chi connectivity index (χ1v) is 8.65. The summed E-state index contributed by atoms with van der Waals surface area (Å²) in [6.07, 6.45) is -0.176. The Hall–Kier alpha value is -2.04. The SMILES string of the molecule is COCCCS(=O)(=O)NCC(=O)Nc1ccc(CC(=O)O)c(F)c1. The predicted molar refractivity (Wildman–Crippen MR) is 84.7 cm³/mol. The number of carbonyl (C=O) groups excluding carboxylic acids is 1. The average molecular weight is 362 g/mol. The number of benzene rings is 1. The first-order chi connectivity index (χ1) is 11.2. The summed E-state index contributed by atoms with van der Waals surface area (Å²) in [5, 5.41) is 10.9. The maximum Gasteiger partial charge on any atom is 0.307 e. The minimum Gasteiger partial charge on any atom is -0.481 e. The Kier molecular flexibility index (Phi) is 7.75. The standard InChI is InChI=1S/C14H19FN2O6S/c1-23-5-2-6-24(21,22)16-9-13(18)17-11-4-3-10(7-14(19)20)12(15)8-11/h3-4,8,16H,2,5-7,9H2,1H3,(H,17,18)(H,19,20). The molecule has 134 valence electrons. The lowest BCUT2D eigenvalue weighted by Gasteiger charge is -2.09. The molecule has 0 bridgehead atoms. The van der Waals surface area contributed by atoms with Crippen molar-refractivity contribution in [3.63, 3.8) is 0 Å². The highest BCUT2D eigenvalue weighted by Crippen LogP contribution is 2.15. The summed E-state index contributed by atoms with van der Waals surface area (Å²) in [6, 6.07) is 3.56. The lowest BCUT2D eigenvalue weighted by atomic mass is 10.1. The molecule has 8 nitrogen and oxygen atoms in total. The van der Waals surface area contributed by atoms with Crippen LogP contribution < -0.4 is 10.0 Å². The van der Waals surface area contributed by atoms with Gasteiger partial charge in [0.2, 0.25) is 15.9 Å². The van der Waals surface area contributed by atoms with Gasteiger partial charge in [-0.25, -0.2) is 17.5 Å². The van der Waals surface area contributed by atoms with Gasteiger partial charge in [-0.1, -0.05) is 6.07 Å². The minimum atomic E-state index is -3.60. The molecule has 0 spiro atoms. The van der Waals surface area contributed by atoms with E-state index in [9.17, 15) is 22.4 Å². The van der Waals surface area contributed by atoms with E-state index in [1.165, 1.54) is 19.2 Å². The Morgan fingerprint density at radius 2 is 2.04 bits per heavy atom. The molecule has 0 heterocycles. The van der Waals surface area contributed by atoms with Gasteiger partial charge in [-0.2, -0.15) is 0 Å². The second-order valence-electron chi connectivity index (χ2n) is 4.91. The van der Waals surface area contributed by atoms with E-state index in [-0.39, 0.29) is 23.6 Å². The lowest BCUT2D eigenvalue weighted by Crippen LogP contribution is -2.34. The summed E-state index contributed by atoms with van der Waals surface area (Å²) < 4.78 is 43.7. The third-order valence-electron chi connectivity index (χ3n) is 2.89. The van der Waals surface area contributed by atoms with Gasteiger partial charge in [0.25, 0.3) is 0 Å². The number of carboxylic acid groups (broad SMARTS) is 1. The van der Waals surface area contributed by atoms with E-state index in [0.29, 0.717) is 6.42 Å². The number of carbonyl (C=O) groups is 2. The quantitative estimate of drug-likeness (QED) is 0.516. The van der Waals surface area contributed by atoms with Gasteiger partial charge >= 0.3 is 5.97 Å². The van der Waals surface area contributed by atoms with Crippen LogP contribution in [0.15, 0.2) is 18.2 Å². The first kappa shape index (κ1) is 20.0. The summed E-state index contributed by atoms with van der Waals surface area (Å²) in [4.78, 5) is 22.2. The van der Waals surface area contributed by atoms with Crippen LogP contribution in [0.2, 0.25) is 0 Å². The van der Waals surface area contributed by atoms with Crippen molar-refractivity contribution >= 4 is 27.6 Å². The fourth-order valence-corrected chi connectivity index (χ4v) is 2.77. The number of anilines is 1. The van der Waals surface area contributed by atoms with Crippen molar-refractivity contribution in [2.75, 3.05) is 31.3 Å². The molecule has 10 heteroatoms. The molecule has 0 fully saturated rings. The Balaban J connectivity index is 2.53. The highest BCUT2D eigenvalue weighted by Gasteiger charge is 2.13. The van der Waals surface area contributed by atoms with Gasteiger partial charge in [0, 0.05) is 19.4 Å². The van der Waals surface area contributed by atoms with Gasteiger partial charge in [-0.05, 0) is 24.1 Å². The molecule has 0 saturated carbocycles. The Bertz CT molecular complexity index is 693. The van der Waals surface area contributed by atoms with Gasteiger partial charge in [0.1, 0.15) is 5.82 Å². The molecule has 1 rings (SSSR count). The van der Waals surface area contributed by atoms with Crippen molar-refractivity contribution < 1.29 is 32.2 Å². The van der Waals surface area contributed by atoms with Crippen LogP contribution in [0.5, 0.6) is 0 Å². The van der Waals surface area contributed by atoms with Crippen molar-refractivity contribution in [1.82, 2.24) is 4.72 Å². The van der Waals surface area contributed by atoms with E-state index in [2.05, 4.69) is 10.0 Å². The molecule has 0 aliphatic heterocycles. The molecule has 0 atom stereocenters. The largest absolute Gasteiger partial charge is 0.481 e. The monoisotopic (exact) mass is 362 g/mol. The number of hydrogen-bond acceptors (Lipinski definition) is 5. The number of nitrogens with one attached hydrogen (secondary N) is 2. The molecule has 1 aromatic rings. The number of halogens is 1. The number of aliphatic carboxylic acids is 1. The van der Waals surface area contributed by atoms with Gasteiger partial charge in [-0.3, -0.25) is 9.59 Å². The van der Waals surface area contributed by atoms with E-state index in [1.807, 2.05) is 0 Å². The van der Waals surface area contributed by atoms with Gasteiger partial charge in [0.05, 0.1) is 18.7 Å². The molecular formula is C14H19FN2O6S. The summed E-state index contributed by atoms with van der Waals surface area (Å²) in [7, 11) is -2.15. The number of hydrogen-bond donors (Lipinski definition) is 3. The number of ether oxygens (including phenoxy) is 1. The zero-order chi connectivity index (χ0) is 18.2. The van der Waals surface area contributed by atoms with Crippen molar-refractivity contribution in [2.45, 2.75) is 12.8 Å². The van der Waals surface area contributed by atoms with Crippen molar-refractivity contribution in [2.24, 2.45) is 0 Å². The molecule has 0 aromatic heterocycles. The summed E-state index contributed by atoms with van der Waals surface area (Å²) >= 11 is 0. The fraction of sp³-hybridized carbons (Fsp3) is 0.429. The third-order valence-corrected chi connectivity index (χ3v) is 4.30. The van der Waals surface area contributed by atoms with Crippen molar-refractivity contribution in [3.8, 4) is 0 Å². The van der Waals surface area contributed by atoms with E-state index < -0.39 is 40.7 Å². The fourth-order valence-electron chi connectivity index (χ4n) is 1.78. The van der Waals surface area contributed by atoms with E-state index in [4.69, 9.17) is 9.84 Å². The van der Waals surface area contributed by atoms with Gasteiger partial charge in [0.15, 0.2) is 0 Å². The number of amides is 1. The predicted octanol–water partition coefficient (Wildman–Crippen LogP) is 0.347. The number of rotatable bonds is 10. The molecule has 1 aromatic carbocycles. The number of sulfonamides is 1. The molecule has 3 N–H and O–H groups in total. The molecule has 0 aliphatic carbocycles. The highest BCUT2D eigenvalue weighted by atomic mass is 32.2. The zero-order valence-electron chi connectivity index (χ0n) is 13.0. The Morgan fingerprint density at radius 3 is 2.62 bits per heavy atom. The van der Waals surface area contributed by atoms with E-state index in [0.717, 1.165) is 6.07 Å². The third kappa shape index (κ3) is 7.49. The molecule has 0 unspecified atom stereocenters. The maximum absolute atomic E-state index is 13.7. The van der Waals surface area contributed by atoms with Crippen molar-refractivity contribution in [1.29, 1.82) is 0 Å². The summed E-state index contributed by atoms with van der Waals surface area (Å²) in [6.45, 7) is -0.205. The van der Waals surface area contributed by atoms with E-state index in [1.54, 1.807) is 0 Å². The molecular weight excluding hydrogens is 343 g/mol. The Morgan fingerprint density at radius 1 is 1.33 bits per heavy atom. The lowest BCUT2D eigenvalue weighted by molar-refractivity contribution is -0.136. The van der Waals surface area contributed by atoms with Gasteiger partial charge < -0.3 is 15.2 Å². The van der Waals surface area contributed by atoms with Crippen LogP contribution >= 0.6 is 0 Å².